The Kier molecular flexibility index (Phi) is 13.8. The fourth-order valence-electron chi connectivity index (χ4n) is 8.49. The number of aliphatic hydroxyl groups excluding tert-OH is 1. The van der Waals surface area contributed by atoms with Gasteiger partial charge in [0.15, 0.2) is 5.78 Å². The zero-order chi connectivity index (χ0) is 34.5. The average Bonchev–Trinajstić information content (AvgIpc) is 3.00. The Balaban J connectivity index is 0.000000334. The van der Waals surface area contributed by atoms with Crippen molar-refractivity contribution in [1.29, 1.82) is 0 Å². The fraction of sp³-hybridized carbons (Fsp3) is 0.500. The molecule has 3 aromatic carbocycles. The summed E-state index contributed by atoms with van der Waals surface area (Å²) in [6.07, 6.45) is 10.7. The van der Waals surface area contributed by atoms with Crippen LogP contribution in [-0.4, -0.2) is 15.9 Å². The van der Waals surface area contributed by atoms with Crippen molar-refractivity contribution < 1.29 is 30.0 Å². The van der Waals surface area contributed by atoms with Crippen LogP contribution in [0.15, 0.2) is 66.6 Å². The predicted molar refractivity (Wildman–Crippen MR) is 201 cm³/mol. The van der Waals surface area contributed by atoms with Crippen LogP contribution in [0.3, 0.4) is 0 Å². The standard InChI is InChI=1S/C31H34N.C13H24O2.Ir/c1-20-14-21(2)16-22(15-20)29-28-11-10-26-24(8-7-9-25(26)27(28)12-13-32-29)23-17-30(3,4)19-31(5,6)18-23;1-5-10(6-2)12(14)9-13(15)11(7-3)8-4;/h7-15,23H,17-19H2,1-6H3;9-11,14H,5-8H2,1-4H3;/q-1;;/b;12-9-;. The largest absolute Gasteiger partial charge is 0.512 e. The number of carbonyl (C=O) groups excluding carboxylic acids is 1. The molecule has 0 bridgehead atoms. The summed E-state index contributed by atoms with van der Waals surface area (Å²) >= 11 is 0. The molecule has 4 aromatic rings. The molecule has 0 atom stereocenters. The summed E-state index contributed by atoms with van der Waals surface area (Å²) in [4.78, 5) is 16.5. The zero-order valence-electron chi connectivity index (χ0n) is 31.1. The normalized spacial score (nSPS) is 16.1. The molecule has 0 saturated heterocycles. The van der Waals surface area contributed by atoms with Crippen LogP contribution in [0.5, 0.6) is 0 Å². The van der Waals surface area contributed by atoms with Gasteiger partial charge < -0.3 is 10.1 Å². The van der Waals surface area contributed by atoms with E-state index >= 15 is 0 Å². The minimum Gasteiger partial charge on any atom is -0.512 e. The van der Waals surface area contributed by atoms with Gasteiger partial charge in [0, 0.05) is 44.2 Å². The molecule has 5 rings (SSSR count). The summed E-state index contributed by atoms with van der Waals surface area (Å²) < 4.78 is 0. The molecule has 1 saturated carbocycles. The van der Waals surface area contributed by atoms with E-state index in [0.717, 1.165) is 42.5 Å². The molecule has 1 heterocycles. The summed E-state index contributed by atoms with van der Waals surface area (Å²) in [5.41, 5.74) is 6.79. The molecule has 0 aliphatic heterocycles. The van der Waals surface area contributed by atoms with Crippen molar-refractivity contribution in [3.63, 3.8) is 0 Å². The average molecular weight is 825 g/mol. The third-order valence-electron chi connectivity index (χ3n) is 10.3. The summed E-state index contributed by atoms with van der Waals surface area (Å²) in [5, 5.41) is 15.0. The van der Waals surface area contributed by atoms with Gasteiger partial charge in [-0.25, -0.2) is 0 Å². The quantitative estimate of drug-likeness (QED) is 0.0792. The minimum atomic E-state index is 0. The number of rotatable bonds is 9. The van der Waals surface area contributed by atoms with Crippen molar-refractivity contribution in [2.75, 3.05) is 0 Å². The first-order chi connectivity index (χ1) is 22.2. The molecule has 0 unspecified atom stereocenters. The molecule has 4 heteroatoms. The number of ketones is 1. The van der Waals surface area contributed by atoms with E-state index < -0.39 is 0 Å². The summed E-state index contributed by atoms with van der Waals surface area (Å²) in [5.74, 6) is 1.15. The predicted octanol–water partition coefficient (Wildman–Crippen LogP) is 12.7. The van der Waals surface area contributed by atoms with Crippen LogP contribution >= 0.6 is 0 Å². The van der Waals surface area contributed by atoms with Gasteiger partial charge in [-0.05, 0) is 101 Å². The number of hydrogen-bond donors (Lipinski definition) is 1. The van der Waals surface area contributed by atoms with Gasteiger partial charge in [-0.3, -0.25) is 4.79 Å². The molecule has 0 spiro atoms. The number of nitrogens with zero attached hydrogens (tertiary/aromatic N) is 1. The second-order valence-corrected chi connectivity index (χ2v) is 15.6. The Morgan fingerprint density at radius 1 is 0.854 bits per heavy atom. The number of fused-ring (bicyclic) bond motifs is 3. The van der Waals surface area contributed by atoms with E-state index in [1.165, 1.54) is 58.0 Å². The van der Waals surface area contributed by atoms with Crippen LogP contribution in [0.1, 0.15) is 123 Å². The number of aryl methyl sites for hydroxylation is 2. The first kappa shape index (κ1) is 39.6. The van der Waals surface area contributed by atoms with Crippen LogP contribution in [0.25, 0.3) is 32.8 Å². The Morgan fingerprint density at radius 3 is 2.02 bits per heavy atom. The smallest absolute Gasteiger partial charge is 0.162 e. The fourth-order valence-corrected chi connectivity index (χ4v) is 8.49. The van der Waals surface area contributed by atoms with Crippen LogP contribution in [0, 0.1) is 42.6 Å². The Bertz CT molecular complexity index is 1690. The van der Waals surface area contributed by atoms with Crippen molar-refractivity contribution in [1.82, 2.24) is 4.98 Å². The third kappa shape index (κ3) is 9.45. The summed E-state index contributed by atoms with van der Waals surface area (Å²) in [6, 6.07) is 21.6. The van der Waals surface area contributed by atoms with Gasteiger partial charge in [0.1, 0.15) is 0 Å². The molecule has 1 N–H and O–H groups in total. The molecule has 1 aliphatic rings. The van der Waals surface area contributed by atoms with Gasteiger partial charge >= 0.3 is 0 Å². The number of aromatic nitrogens is 1. The Labute approximate surface area is 304 Å². The van der Waals surface area contributed by atoms with E-state index in [0.29, 0.717) is 16.7 Å². The van der Waals surface area contributed by atoms with E-state index in [2.05, 4.69) is 96.1 Å². The van der Waals surface area contributed by atoms with E-state index in [9.17, 15) is 9.90 Å². The van der Waals surface area contributed by atoms with Crippen LogP contribution < -0.4 is 0 Å². The Hall–Kier alpha value is -2.81. The Morgan fingerprint density at radius 2 is 1.44 bits per heavy atom. The van der Waals surface area contributed by atoms with Gasteiger partial charge in [-0.2, -0.15) is 0 Å². The number of carbonyl (C=O) groups is 1. The maximum Gasteiger partial charge on any atom is 0.162 e. The first-order valence-electron chi connectivity index (χ1n) is 18.0. The van der Waals surface area contributed by atoms with Crippen molar-refractivity contribution >= 4 is 27.3 Å². The number of aliphatic hydroxyl groups is 1. The zero-order valence-corrected chi connectivity index (χ0v) is 33.5. The van der Waals surface area contributed by atoms with Crippen molar-refractivity contribution in [3.05, 3.63) is 89.3 Å². The van der Waals surface area contributed by atoms with Crippen molar-refractivity contribution in [2.45, 2.75) is 120 Å². The molecular formula is C44H58IrNO2-. The SMILES string of the molecule is CCC(CC)C(=O)/C=C(\O)C(CC)CC.Cc1[c-]c(-c2nccc3c2ccc2c(C4CC(C)(C)CC(C)(C)C4)cccc23)cc(C)c1.[Ir]. The summed E-state index contributed by atoms with van der Waals surface area (Å²) in [7, 11) is 0. The van der Waals surface area contributed by atoms with Crippen LogP contribution in [-0.2, 0) is 24.9 Å². The first-order valence-corrected chi connectivity index (χ1v) is 18.0. The molecule has 1 aromatic heterocycles. The molecule has 1 radical (unpaired) electrons. The van der Waals surface area contributed by atoms with Gasteiger partial charge in [-0.1, -0.05) is 99.6 Å². The van der Waals surface area contributed by atoms with Gasteiger partial charge in [0.25, 0.3) is 0 Å². The molecule has 48 heavy (non-hydrogen) atoms. The molecular weight excluding hydrogens is 767 g/mol. The maximum absolute atomic E-state index is 11.7. The molecule has 0 amide bonds. The maximum atomic E-state index is 11.7. The van der Waals surface area contributed by atoms with Crippen molar-refractivity contribution in [2.24, 2.45) is 22.7 Å². The van der Waals surface area contributed by atoms with E-state index in [4.69, 9.17) is 4.98 Å². The van der Waals surface area contributed by atoms with Gasteiger partial charge in [0.2, 0.25) is 0 Å². The number of hydrogen-bond acceptors (Lipinski definition) is 3. The second-order valence-electron chi connectivity index (χ2n) is 15.6. The number of allylic oxidation sites excluding steroid dienone is 2. The summed E-state index contributed by atoms with van der Waals surface area (Å²) in [6.45, 7) is 22.1. The van der Waals surface area contributed by atoms with Crippen LogP contribution in [0.4, 0.5) is 0 Å². The number of pyridine rings is 1. The second kappa shape index (κ2) is 16.7. The van der Waals surface area contributed by atoms with Gasteiger partial charge in [0.05, 0.1) is 5.76 Å². The monoisotopic (exact) mass is 825 g/mol. The minimum absolute atomic E-state index is 0. The number of benzene rings is 3. The molecule has 1 aliphatic carbocycles. The third-order valence-corrected chi connectivity index (χ3v) is 10.3. The molecule has 261 valence electrons. The molecule has 3 nitrogen and oxygen atoms in total. The van der Waals surface area contributed by atoms with Crippen molar-refractivity contribution in [3.8, 4) is 11.3 Å². The topological polar surface area (TPSA) is 50.2 Å². The van der Waals surface area contributed by atoms with Crippen LogP contribution in [0.2, 0.25) is 0 Å². The molecule has 1 fully saturated rings. The van der Waals surface area contributed by atoms with Gasteiger partial charge in [-0.15, -0.1) is 34.9 Å². The van der Waals surface area contributed by atoms with E-state index in [1.807, 2.05) is 33.9 Å². The van der Waals surface area contributed by atoms with E-state index in [-0.39, 0.29) is 43.5 Å². The van der Waals surface area contributed by atoms with E-state index in [1.54, 1.807) is 0 Å².